The van der Waals surface area contributed by atoms with Crippen molar-refractivity contribution in [2.45, 2.75) is 76.5 Å². The zero-order chi connectivity index (χ0) is 21.7. The molecule has 8 nitrogen and oxygen atoms in total. The van der Waals surface area contributed by atoms with Crippen LogP contribution in [-0.2, 0) is 19.2 Å². The highest BCUT2D eigenvalue weighted by Gasteiger charge is 2.70. The smallest absolute Gasteiger partial charge is 0.255 e. The predicted octanol–water partition coefficient (Wildman–Crippen LogP) is 0.375. The third-order valence-corrected chi connectivity index (χ3v) is 8.01. The molecule has 5 atom stereocenters. The number of fused-ring (bicyclic) bond motifs is 1. The lowest BCUT2D eigenvalue weighted by Gasteiger charge is -2.38. The Morgan fingerprint density at radius 1 is 1.30 bits per heavy atom. The minimum atomic E-state index is -1.39. The van der Waals surface area contributed by atoms with E-state index in [9.17, 15) is 24.3 Å². The maximum atomic E-state index is 13.3. The number of nitrogens with zero attached hydrogens (tertiary/aromatic N) is 1. The molecular formula is C22H33N3O5. The molecule has 0 aromatic heterocycles. The molecule has 4 rings (SSSR count). The molecule has 3 amide bonds. The van der Waals surface area contributed by atoms with Crippen LogP contribution in [0, 0.1) is 23.2 Å². The van der Waals surface area contributed by atoms with Gasteiger partial charge in [-0.25, -0.2) is 0 Å². The second kappa shape index (κ2) is 7.62. The number of rotatable bonds is 6. The van der Waals surface area contributed by atoms with Crippen molar-refractivity contribution in [2.24, 2.45) is 23.2 Å². The summed E-state index contributed by atoms with van der Waals surface area (Å²) in [4.78, 5) is 51.5. The summed E-state index contributed by atoms with van der Waals surface area (Å²) in [5, 5.41) is 16.5. The van der Waals surface area contributed by atoms with Crippen LogP contribution >= 0.6 is 0 Å². The van der Waals surface area contributed by atoms with Gasteiger partial charge in [-0.2, -0.15) is 0 Å². The van der Waals surface area contributed by atoms with Crippen LogP contribution in [0.5, 0.6) is 0 Å². The van der Waals surface area contributed by atoms with Gasteiger partial charge < -0.3 is 25.4 Å². The highest BCUT2D eigenvalue weighted by atomic mass is 16.3. The lowest BCUT2D eigenvalue weighted by atomic mass is 9.83. The van der Waals surface area contributed by atoms with Crippen LogP contribution in [0.25, 0.3) is 0 Å². The summed E-state index contributed by atoms with van der Waals surface area (Å²) in [5.41, 5.74) is -1.43. The molecule has 0 aromatic rings. The Labute approximate surface area is 177 Å². The van der Waals surface area contributed by atoms with E-state index in [4.69, 9.17) is 0 Å². The summed E-state index contributed by atoms with van der Waals surface area (Å²) >= 11 is 0. The SMILES string of the molecule is CC1(C)[C@@H]2[C@@H](C(=O)N[C@H](C=O)C[C@@H]3CCNC3=O)N(C(=O)C3(O)CCCCC3)C[C@@H]21. The maximum Gasteiger partial charge on any atom is 0.255 e. The molecule has 30 heavy (non-hydrogen) atoms. The zero-order valence-electron chi connectivity index (χ0n) is 17.9. The van der Waals surface area contributed by atoms with Crippen molar-refractivity contribution in [3.63, 3.8) is 0 Å². The van der Waals surface area contributed by atoms with Crippen LogP contribution in [0.4, 0.5) is 0 Å². The number of aliphatic hydroxyl groups is 1. The Morgan fingerprint density at radius 2 is 2.00 bits per heavy atom. The van der Waals surface area contributed by atoms with Crippen LogP contribution in [0.2, 0.25) is 0 Å². The van der Waals surface area contributed by atoms with Crippen molar-refractivity contribution in [3.05, 3.63) is 0 Å². The zero-order valence-corrected chi connectivity index (χ0v) is 17.9. The summed E-state index contributed by atoms with van der Waals surface area (Å²) in [6.07, 6.45) is 5.08. The molecule has 0 bridgehead atoms. The molecule has 2 saturated heterocycles. The molecule has 4 fully saturated rings. The Bertz CT molecular complexity index is 745. The first-order valence-electron chi connectivity index (χ1n) is 11.3. The van der Waals surface area contributed by atoms with Gasteiger partial charge in [0.15, 0.2) is 0 Å². The van der Waals surface area contributed by atoms with Gasteiger partial charge in [-0.05, 0) is 42.9 Å². The van der Waals surface area contributed by atoms with Crippen molar-refractivity contribution in [1.82, 2.24) is 15.5 Å². The van der Waals surface area contributed by atoms with Crippen molar-refractivity contribution < 1.29 is 24.3 Å². The van der Waals surface area contributed by atoms with Gasteiger partial charge in [0.2, 0.25) is 11.8 Å². The van der Waals surface area contributed by atoms with Gasteiger partial charge in [-0.3, -0.25) is 14.4 Å². The third kappa shape index (κ3) is 3.53. The van der Waals surface area contributed by atoms with Crippen molar-refractivity contribution >= 4 is 24.0 Å². The lowest BCUT2D eigenvalue weighted by Crippen LogP contribution is -2.58. The lowest BCUT2D eigenvalue weighted by molar-refractivity contribution is -0.159. The van der Waals surface area contributed by atoms with Crippen molar-refractivity contribution in [2.75, 3.05) is 13.1 Å². The largest absolute Gasteiger partial charge is 0.380 e. The fraction of sp³-hybridized carbons (Fsp3) is 0.818. The first-order valence-corrected chi connectivity index (χ1v) is 11.3. The summed E-state index contributed by atoms with van der Waals surface area (Å²) < 4.78 is 0. The molecule has 2 aliphatic carbocycles. The second-order valence-corrected chi connectivity index (χ2v) is 10.2. The molecule has 0 radical (unpaired) electrons. The number of hydrogen-bond acceptors (Lipinski definition) is 5. The number of hydrogen-bond donors (Lipinski definition) is 3. The van der Waals surface area contributed by atoms with Crippen LogP contribution in [-0.4, -0.2) is 64.8 Å². The van der Waals surface area contributed by atoms with E-state index >= 15 is 0 Å². The van der Waals surface area contributed by atoms with E-state index in [0.29, 0.717) is 38.6 Å². The Kier molecular flexibility index (Phi) is 5.41. The van der Waals surface area contributed by atoms with Gasteiger partial charge in [0.1, 0.15) is 17.9 Å². The number of amides is 3. The molecule has 3 N–H and O–H groups in total. The number of carbonyl (C=O) groups is 4. The van der Waals surface area contributed by atoms with Crippen LogP contribution in [0.1, 0.15) is 58.8 Å². The van der Waals surface area contributed by atoms with Gasteiger partial charge in [0, 0.05) is 19.0 Å². The highest BCUT2D eigenvalue weighted by Crippen LogP contribution is 2.65. The standard InChI is InChI=1S/C22H33N3O5/c1-21(2)15-11-25(20(29)22(30)7-4-3-5-8-22)17(16(15)21)19(28)24-14(12-26)10-13-6-9-23-18(13)27/h12-17,30H,3-11H2,1-2H3,(H,23,27)(H,24,28)/t13-,14-,15-,16-,17-/m0/s1. The van der Waals surface area contributed by atoms with Gasteiger partial charge >= 0.3 is 0 Å². The van der Waals surface area contributed by atoms with Gasteiger partial charge in [0.25, 0.3) is 5.91 Å². The summed E-state index contributed by atoms with van der Waals surface area (Å²) in [6.45, 7) is 5.25. The van der Waals surface area contributed by atoms with Crippen LogP contribution in [0.3, 0.4) is 0 Å². The maximum absolute atomic E-state index is 13.3. The molecule has 0 unspecified atom stereocenters. The molecule has 0 spiro atoms. The van der Waals surface area contributed by atoms with E-state index in [1.165, 1.54) is 0 Å². The predicted molar refractivity (Wildman–Crippen MR) is 108 cm³/mol. The number of likely N-dealkylation sites (tertiary alicyclic amines) is 1. The summed E-state index contributed by atoms with van der Waals surface area (Å²) in [7, 11) is 0. The summed E-state index contributed by atoms with van der Waals surface area (Å²) in [5.74, 6) is -0.818. The molecule has 0 aromatic carbocycles. The van der Waals surface area contributed by atoms with E-state index in [1.807, 2.05) is 0 Å². The molecule has 2 aliphatic heterocycles. The average Bonchev–Trinajstić information content (AvgIpc) is 3.08. The highest BCUT2D eigenvalue weighted by molar-refractivity contribution is 5.94. The second-order valence-electron chi connectivity index (χ2n) is 10.2. The first-order chi connectivity index (χ1) is 14.2. The van der Waals surface area contributed by atoms with E-state index in [0.717, 1.165) is 19.3 Å². The molecule has 2 saturated carbocycles. The van der Waals surface area contributed by atoms with Crippen molar-refractivity contribution in [1.29, 1.82) is 0 Å². The van der Waals surface area contributed by atoms with E-state index in [2.05, 4.69) is 24.5 Å². The van der Waals surface area contributed by atoms with Crippen LogP contribution < -0.4 is 10.6 Å². The third-order valence-electron chi connectivity index (χ3n) is 8.01. The van der Waals surface area contributed by atoms with Gasteiger partial charge in [-0.1, -0.05) is 33.1 Å². The van der Waals surface area contributed by atoms with E-state index in [-0.39, 0.29) is 47.3 Å². The fourth-order valence-electron chi connectivity index (χ4n) is 6.01. The molecule has 166 valence electrons. The van der Waals surface area contributed by atoms with Crippen molar-refractivity contribution in [3.8, 4) is 0 Å². The molecule has 2 heterocycles. The van der Waals surface area contributed by atoms with Gasteiger partial charge in [-0.15, -0.1) is 0 Å². The minimum absolute atomic E-state index is 0.0238. The molecular weight excluding hydrogens is 386 g/mol. The van der Waals surface area contributed by atoms with E-state index in [1.54, 1.807) is 4.90 Å². The Morgan fingerprint density at radius 3 is 2.60 bits per heavy atom. The topological polar surface area (TPSA) is 116 Å². The minimum Gasteiger partial charge on any atom is -0.380 e. The molecule has 8 heteroatoms. The number of nitrogens with one attached hydrogen (secondary N) is 2. The summed E-state index contributed by atoms with van der Waals surface area (Å²) in [6, 6.07) is -1.44. The normalized spacial score (nSPS) is 34.6. The number of aldehydes is 1. The monoisotopic (exact) mass is 419 g/mol. The first kappa shape index (κ1) is 21.3. The van der Waals surface area contributed by atoms with Gasteiger partial charge in [0.05, 0.1) is 6.04 Å². The number of piperidine rings is 1. The quantitative estimate of drug-likeness (QED) is 0.538. The number of carbonyl (C=O) groups excluding carboxylic acids is 4. The van der Waals surface area contributed by atoms with E-state index < -0.39 is 17.7 Å². The average molecular weight is 420 g/mol. The van der Waals surface area contributed by atoms with Crippen LogP contribution in [0.15, 0.2) is 0 Å². The fourth-order valence-corrected chi connectivity index (χ4v) is 6.01. The Balaban J connectivity index is 1.48. The molecule has 4 aliphatic rings. The Hall–Kier alpha value is -1.96.